The van der Waals surface area contributed by atoms with Crippen LogP contribution in [0, 0.1) is 0 Å². The molecule has 1 aliphatic carbocycles. The van der Waals surface area contributed by atoms with Crippen molar-refractivity contribution in [2.45, 2.75) is 38.5 Å². The first kappa shape index (κ1) is 14.9. The Morgan fingerprint density at radius 3 is 3.04 bits per heavy atom. The lowest BCUT2D eigenvalue weighted by atomic mass is 9.94. The van der Waals surface area contributed by atoms with E-state index in [1.807, 2.05) is 13.0 Å². The molecule has 0 unspecified atom stereocenters. The van der Waals surface area contributed by atoms with Crippen molar-refractivity contribution in [3.63, 3.8) is 0 Å². The van der Waals surface area contributed by atoms with E-state index in [0.29, 0.717) is 18.1 Å². The zero-order valence-corrected chi connectivity index (χ0v) is 13.4. The lowest BCUT2D eigenvalue weighted by Crippen LogP contribution is -2.13. The van der Waals surface area contributed by atoms with Crippen LogP contribution >= 0.6 is 0 Å². The maximum Gasteiger partial charge on any atom is 0.226 e. The molecule has 0 fully saturated rings. The van der Waals surface area contributed by atoms with Gasteiger partial charge >= 0.3 is 0 Å². The highest BCUT2D eigenvalue weighted by Crippen LogP contribution is 2.37. The molecular weight excluding hydrogens is 306 g/mol. The van der Waals surface area contributed by atoms with Crippen LogP contribution in [0.15, 0.2) is 37.9 Å². The van der Waals surface area contributed by atoms with E-state index in [4.69, 9.17) is 4.52 Å². The molecule has 2 aromatic rings. The smallest absolute Gasteiger partial charge is 0.226 e. The van der Waals surface area contributed by atoms with Crippen molar-refractivity contribution in [2.75, 3.05) is 6.67 Å². The van der Waals surface area contributed by atoms with Crippen LogP contribution in [0.3, 0.4) is 0 Å². The number of Topliss-reactive ketones (excluding diaryl/α,β-unsaturated/α-hetero) is 1. The molecule has 7 nitrogen and oxygen atoms in total. The molecule has 7 heteroatoms. The Labute approximate surface area is 138 Å². The standard InChI is InChI=1S/C17H17N5O2/c1-2-15-20-16(22-24-15)12-5-6-13-10(7-12)3-4-11(13)8-14(23)17-18-9-19-21-17/h5-7,11H,2-4,8-9H2,1H3/t11-/m0/s1. The van der Waals surface area contributed by atoms with E-state index in [9.17, 15) is 4.79 Å². The highest BCUT2D eigenvalue weighted by Gasteiger charge is 2.27. The van der Waals surface area contributed by atoms with E-state index in [1.54, 1.807) is 0 Å². The van der Waals surface area contributed by atoms with Gasteiger partial charge in [-0.15, -0.1) is 5.11 Å². The topological polar surface area (TPSA) is 93.1 Å². The number of hydrogen-bond donors (Lipinski definition) is 0. The van der Waals surface area contributed by atoms with Gasteiger partial charge in [-0.3, -0.25) is 4.79 Å². The summed E-state index contributed by atoms with van der Waals surface area (Å²) in [7, 11) is 0. The third-order valence-corrected chi connectivity index (χ3v) is 4.50. The molecule has 1 aromatic carbocycles. The molecule has 4 rings (SSSR count). The van der Waals surface area contributed by atoms with Crippen LogP contribution in [-0.4, -0.2) is 28.4 Å². The van der Waals surface area contributed by atoms with Gasteiger partial charge in [-0.25, -0.2) is 4.99 Å². The molecule has 0 radical (unpaired) electrons. The van der Waals surface area contributed by atoms with Gasteiger partial charge in [0.2, 0.25) is 23.3 Å². The molecule has 0 N–H and O–H groups in total. The van der Waals surface area contributed by atoms with Crippen LogP contribution in [0.2, 0.25) is 0 Å². The summed E-state index contributed by atoms with van der Waals surface area (Å²) >= 11 is 0. The van der Waals surface area contributed by atoms with Gasteiger partial charge in [-0.05, 0) is 36.0 Å². The summed E-state index contributed by atoms with van der Waals surface area (Å²) in [5, 5.41) is 11.6. The maximum atomic E-state index is 12.2. The molecule has 1 aliphatic heterocycles. The van der Waals surface area contributed by atoms with Gasteiger partial charge in [0.25, 0.3) is 0 Å². The number of benzene rings is 1. The van der Waals surface area contributed by atoms with Gasteiger partial charge in [0.05, 0.1) is 0 Å². The van der Waals surface area contributed by atoms with Gasteiger partial charge in [-0.2, -0.15) is 10.1 Å². The number of hydrogen-bond acceptors (Lipinski definition) is 7. The highest BCUT2D eigenvalue weighted by molar-refractivity contribution is 6.39. The van der Waals surface area contributed by atoms with E-state index >= 15 is 0 Å². The Balaban J connectivity index is 1.54. The summed E-state index contributed by atoms with van der Waals surface area (Å²) in [5.41, 5.74) is 3.43. The fourth-order valence-corrected chi connectivity index (χ4v) is 3.26. The molecule has 0 amide bonds. The summed E-state index contributed by atoms with van der Waals surface area (Å²) in [5.74, 6) is 1.72. The minimum absolute atomic E-state index is 0.0241. The summed E-state index contributed by atoms with van der Waals surface area (Å²) in [6.45, 7) is 2.26. The average Bonchev–Trinajstić information content (AvgIpc) is 3.35. The molecule has 1 aromatic heterocycles. The van der Waals surface area contributed by atoms with E-state index in [1.165, 1.54) is 11.1 Å². The summed E-state index contributed by atoms with van der Waals surface area (Å²) < 4.78 is 5.18. The monoisotopic (exact) mass is 323 g/mol. The Bertz CT molecular complexity index is 852. The SMILES string of the molecule is CCc1nc(-c2ccc3c(c2)CC[C@H]3CC(=O)C2=NCN=N2)no1. The molecule has 2 heterocycles. The van der Waals surface area contributed by atoms with Crippen molar-refractivity contribution in [3.8, 4) is 11.4 Å². The first-order valence-corrected chi connectivity index (χ1v) is 8.15. The second kappa shape index (κ2) is 6.07. The van der Waals surface area contributed by atoms with E-state index in [0.717, 1.165) is 24.8 Å². The summed E-state index contributed by atoms with van der Waals surface area (Å²) in [4.78, 5) is 20.6. The molecule has 0 saturated heterocycles. The number of ketones is 1. The zero-order chi connectivity index (χ0) is 16.5. The third kappa shape index (κ3) is 2.66. The van der Waals surface area contributed by atoms with Crippen molar-refractivity contribution in [2.24, 2.45) is 15.2 Å². The summed E-state index contributed by atoms with van der Waals surface area (Å²) in [6.07, 6.45) is 3.07. The van der Waals surface area contributed by atoms with E-state index in [-0.39, 0.29) is 24.2 Å². The van der Waals surface area contributed by atoms with Crippen molar-refractivity contribution < 1.29 is 9.32 Å². The fraction of sp³-hybridized carbons (Fsp3) is 0.412. The first-order valence-electron chi connectivity index (χ1n) is 8.15. The van der Waals surface area contributed by atoms with Crippen LogP contribution < -0.4 is 0 Å². The quantitative estimate of drug-likeness (QED) is 0.845. The Kier molecular flexibility index (Phi) is 3.76. The number of fused-ring (bicyclic) bond motifs is 1. The molecule has 0 spiro atoms. The van der Waals surface area contributed by atoms with Crippen LogP contribution in [0.25, 0.3) is 11.4 Å². The van der Waals surface area contributed by atoms with Gasteiger partial charge in [0.15, 0.2) is 6.67 Å². The van der Waals surface area contributed by atoms with Crippen molar-refractivity contribution in [1.82, 2.24) is 10.1 Å². The van der Waals surface area contributed by atoms with E-state index in [2.05, 4.69) is 37.5 Å². The Morgan fingerprint density at radius 1 is 1.38 bits per heavy atom. The fourth-order valence-electron chi connectivity index (χ4n) is 3.26. The minimum Gasteiger partial charge on any atom is -0.339 e. The molecule has 2 aliphatic rings. The first-order chi connectivity index (χ1) is 11.7. The Hall–Kier alpha value is -2.70. The average molecular weight is 323 g/mol. The second-order valence-corrected chi connectivity index (χ2v) is 6.01. The molecule has 122 valence electrons. The number of azo groups is 1. The van der Waals surface area contributed by atoms with E-state index < -0.39 is 0 Å². The number of aromatic nitrogens is 2. The van der Waals surface area contributed by atoms with Crippen LogP contribution in [0.1, 0.15) is 42.7 Å². The normalized spacial score (nSPS) is 18.7. The zero-order valence-electron chi connectivity index (χ0n) is 13.4. The number of rotatable bonds is 5. The maximum absolute atomic E-state index is 12.2. The van der Waals surface area contributed by atoms with Gasteiger partial charge < -0.3 is 4.52 Å². The number of carbonyl (C=O) groups excluding carboxylic acids is 1. The highest BCUT2D eigenvalue weighted by atomic mass is 16.5. The third-order valence-electron chi connectivity index (χ3n) is 4.50. The second-order valence-electron chi connectivity index (χ2n) is 6.01. The number of carbonyl (C=O) groups is 1. The molecular formula is C17H17N5O2. The Morgan fingerprint density at radius 2 is 2.29 bits per heavy atom. The number of nitrogens with zero attached hydrogens (tertiary/aromatic N) is 5. The van der Waals surface area contributed by atoms with Gasteiger partial charge in [0.1, 0.15) is 0 Å². The molecule has 0 bridgehead atoms. The van der Waals surface area contributed by atoms with Crippen molar-refractivity contribution in [3.05, 3.63) is 35.2 Å². The molecule has 1 atom stereocenters. The van der Waals surface area contributed by atoms with Crippen LogP contribution in [0.5, 0.6) is 0 Å². The number of amidine groups is 1. The van der Waals surface area contributed by atoms with Crippen LogP contribution in [-0.2, 0) is 17.6 Å². The summed E-state index contributed by atoms with van der Waals surface area (Å²) in [6, 6.07) is 6.19. The lowest BCUT2D eigenvalue weighted by molar-refractivity contribution is -0.113. The number of aliphatic imine (C=N–C) groups is 1. The minimum atomic E-state index is -0.0241. The predicted molar refractivity (Wildman–Crippen MR) is 87.0 cm³/mol. The van der Waals surface area contributed by atoms with Crippen molar-refractivity contribution >= 4 is 11.6 Å². The predicted octanol–water partition coefficient (Wildman–Crippen LogP) is 3.11. The van der Waals surface area contributed by atoms with Crippen LogP contribution in [0.4, 0.5) is 0 Å². The van der Waals surface area contributed by atoms with Crippen molar-refractivity contribution in [1.29, 1.82) is 0 Å². The van der Waals surface area contributed by atoms with Gasteiger partial charge in [-0.1, -0.05) is 24.2 Å². The lowest BCUT2D eigenvalue weighted by Gasteiger charge is -2.10. The molecule has 0 saturated carbocycles. The number of aryl methyl sites for hydroxylation is 2. The molecule has 24 heavy (non-hydrogen) atoms. The largest absolute Gasteiger partial charge is 0.339 e. The van der Waals surface area contributed by atoms with Gasteiger partial charge in [0, 0.05) is 18.4 Å².